The maximum atomic E-state index is 5.48. The second-order valence-corrected chi connectivity index (χ2v) is 6.99. The largest absolute Gasteiger partial charge is 0.353 e. The smallest absolute Gasteiger partial charge is 0.243 e. The van der Waals surface area contributed by atoms with E-state index in [1.807, 2.05) is 11.8 Å². The Bertz CT molecular complexity index is 480. The number of nitrogens with one attached hydrogen (secondary N) is 2. The van der Waals surface area contributed by atoms with E-state index in [0.717, 1.165) is 19.6 Å². The van der Waals surface area contributed by atoms with Crippen LogP contribution in [0.2, 0.25) is 0 Å². The van der Waals surface area contributed by atoms with Crippen LogP contribution in [0.5, 0.6) is 0 Å². The lowest BCUT2D eigenvalue weighted by Crippen LogP contribution is -2.40. The van der Waals surface area contributed by atoms with E-state index in [4.69, 9.17) is 5.84 Å². The number of aromatic nitrogens is 3. The van der Waals surface area contributed by atoms with E-state index in [-0.39, 0.29) is 0 Å². The number of nitrogens with two attached hydrogens (primary N) is 1. The Balaban J connectivity index is 1.72. The molecule has 0 unspecified atom stereocenters. The average Bonchev–Trinajstić information content (AvgIpc) is 3.00. The maximum Gasteiger partial charge on any atom is 0.243 e. The molecule has 4 N–H and O–H groups in total. The lowest BCUT2D eigenvalue weighted by Gasteiger charge is -2.40. The van der Waals surface area contributed by atoms with Crippen LogP contribution < -0.4 is 21.5 Å². The summed E-state index contributed by atoms with van der Waals surface area (Å²) < 4.78 is 0.344. The van der Waals surface area contributed by atoms with Crippen molar-refractivity contribution in [1.82, 2.24) is 15.0 Å². The van der Waals surface area contributed by atoms with Crippen LogP contribution in [-0.4, -0.2) is 45.6 Å². The SMILES string of the molecule is CSC1(CNc2nc(NN)nc(N3CCCC3)n2)CCC1. The fraction of sp³-hybridized carbons (Fsp3) is 0.769. The number of hydrogen-bond acceptors (Lipinski definition) is 8. The van der Waals surface area contributed by atoms with Crippen LogP contribution in [0.3, 0.4) is 0 Å². The molecule has 21 heavy (non-hydrogen) atoms. The first-order valence-electron chi connectivity index (χ1n) is 7.51. The summed E-state index contributed by atoms with van der Waals surface area (Å²) in [5.41, 5.74) is 2.54. The van der Waals surface area contributed by atoms with E-state index in [1.54, 1.807) is 0 Å². The summed E-state index contributed by atoms with van der Waals surface area (Å²) in [6.45, 7) is 2.89. The minimum atomic E-state index is 0.344. The zero-order valence-corrected chi connectivity index (χ0v) is 13.2. The van der Waals surface area contributed by atoms with Crippen molar-refractivity contribution in [2.24, 2.45) is 5.84 Å². The highest BCUT2D eigenvalue weighted by Gasteiger charge is 2.36. The molecule has 116 valence electrons. The van der Waals surface area contributed by atoms with Crippen LogP contribution in [0.1, 0.15) is 32.1 Å². The number of thioether (sulfide) groups is 1. The summed E-state index contributed by atoms with van der Waals surface area (Å²) >= 11 is 1.93. The monoisotopic (exact) mass is 309 g/mol. The van der Waals surface area contributed by atoms with Crippen LogP contribution in [0.25, 0.3) is 0 Å². The van der Waals surface area contributed by atoms with Crippen molar-refractivity contribution < 1.29 is 0 Å². The van der Waals surface area contributed by atoms with Gasteiger partial charge in [0.25, 0.3) is 0 Å². The standard InChI is InChI=1S/C13H23N7S/c1-21-13(5-4-6-13)9-15-10-16-11(19-14)18-12(17-10)20-7-2-3-8-20/h2-9,14H2,1H3,(H2,15,16,17,18,19). The first-order valence-corrected chi connectivity index (χ1v) is 8.74. The van der Waals surface area contributed by atoms with Crippen molar-refractivity contribution in [2.75, 3.05) is 41.5 Å². The van der Waals surface area contributed by atoms with Crippen molar-refractivity contribution in [3.05, 3.63) is 0 Å². The second kappa shape index (κ2) is 6.23. The minimum absolute atomic E-state index is 0.344. The molecule has 7 nitrogen and oxygen atoms in total. The maximum absolute atomic E-state index is 5.48. The Morgan fingerprint density at radius 3 is 2.43 bits per heavy atom. The van der Waals surface area contributed by atoms with Crippen molar-refractivity contribution in [3.63, 3.8) is 0 Å². The topological polar surface area (TPSA) is 92.0 Å². The van der Waals surface area contributed by atoms with Crippen molar-refractivity contribution in [1.29, 1.82) is 0 Å². The summed E-state index contributed by atoms with van der Waals surface area (Å²) in [5.74, 6) is 7.22. The first-order chi connectivity index (χ1) is 10.2. The summed E-state index contributed by atoms with van der Waals surface area (Å²) in [6, 6.07) is 0. The zero-order valence-electron chi connectivity index (χ0n) is 12.4. The fourth-order valence-electron chi connectivity index (χ4n) is 2.83. The number of rotatable bonds is 6. The first kappa shape index (κ1) is 14.6. The summed E-state index contributed by atoms with van der Waals surface area (Å²) in [5, 5.41) is 3.37. The van der Waals surface area contributed by atoms with Gasteiger partial charge < -0.3 is 10.2 Å². The molecule has 1 aromatic heterocycles. The lowest BCUT2D eigenvalue weighted by atomic mass is 9.84. The Morgan fingerprint density at radius 1 is 1.14 bits per heavy atom. The van der Waals surface area contributed by atoms with Gasteiger partial charge in [-0.25, -0.2) is 5.84 Å². The van der Waals surface area contributed by atoms with E-state index in [2.05, 4.69) is 36.9 Å². The number of nitrogen functional groups attached to an aromatic ring is 1. The van der Waals surface area contributed by atoms with Crippen molar-refractivity contribution >= 4 is 29.6 Å². The molecule has 0 bridgehead atoms. The quantitative estimate of drug-likeness (QED) is 0.537. The zero-order chi connectivity index (χ0) is 14.7. The van der Waals surface area contributed by atoms with Gasteiger partial charge in [0.1, 0.15) is 0 Å². The van der Waals surface area contributed by atoms with E-state index in [1.165, 1.54) is 32.1 Å². The minimum Gasteiger partial charge on any atom is -0.353 e. The van der Waals surface area contributed by atoms with Gasteiger partial charge in [0, 0.05) is 24.4 Å². The van der Waals surface area contributed by atoms with Gasteiger partial charge in [0.2, 0.25) is 17.8 Å². The highest BCUT2D eigenvalue weighted by atomic mass is 32.2. The third-order valence-corrected chi connectivity index (χ3v) is 5.83. The van der Waals surface area contributed by atoms with Gasteiger partial charge in [-0.2, -0.15) is 26.7 Å². The third kappa shape index (κ3) is 3.16. The highest BCUT2D eigenvalue weighted by molar-refractivity contribution is 8.00. The van der Waals surface area contributed by atoms with E-state index < -0.39 is 0 Å². The molecule has 1 saturated carbocycles. The van der Waals surface area contributed by atoms with Crippen LogP contribution in [-0.2, 0) is 0 Å². The van der Waals surface area contributed by atoms with E-state index in [9.17, 15) is 0 Å². The molecule has 1 aliphatic carbocycles. The van der Waals surface area contributed by atoms with Gasteiger partial charge in [-0.3, -0.25) is 5.43 Å². The number of hydrazine groups is 1. The van der Waals surface area contributed by atoms with Crippen LogP contribution in [0.15, 0.2) is 0 Å². The number of anilines is 3. The van der Waals surface area contributed by atoms with E-state index >= 15 is 0 Å². The molecule has 2 fully saturated rings. The Morgan fingerprint density at radius 2 is 1.86 bits per heavy atom. The molecule has 1 aromatic rings. The third-order valence-electron chi connectivity index (χ3n) is 4.41. The molecule has 0 aromatic carbocycles. The Hall–Kier alpha value is -1.28. The number of hydrogen-bond donors (Lipinski definition) is 3. The molecule has 3 rings (SSSR count). The van der Waals surface area contributed by atoms with Gasteiger partial charge in [-0.05, 0) is 31.9 Å². The van der Waals surface area contributed by atoms with Gasteiger partial charge in [-0.15, -0.1) is 0 Å². The molecule has 0 radical (unpaired) electrons. The second-order valence-electron chi connectivity index (χ2n) is 5.72. The molecule has 1 saturated heterocycles. The Labute approximate surface area is 129 Å². The summed E-state index contributed by atoms with van der Waals surface area (Å²) in [6.07, 6.45) is 8.39. The van der Waals surface area contributed by atoms with Gasteiger partial charge in [0.05, 0.1) is 0 Å². The molecule has 8 heteroatoms. The molecule has 1 aliphatic heterocycles. The normalized spacial score (nSPS) is 20.2. The van der Waals surface area contributed by atoms with E-state index in [0.29, 0.717) is 22.6 Å². The molecule has 0 amide bonds. The Kier molecular flexibility index (Phi) is 4.34. The average molecular weight is 309 g/mol. The van der Waals surface area contributed by atoms with Gasteiger partial charge in [-0.1, -0.05) is 6.42 Å². The van der Waals surface area contributed by atoms with Crippen LogP contribution in [0, 0.1) is 0 Å². The molecular weight excluding hydrogens is 286 g/mol. The predicted molar refractivity (Wildman–Crippen MR) is 87.7 cm³/mol. The predicted octanol–water partition coefficient (Wildman–Crippen LogP) is 1.45. The molecule has 0 spiro atoms. The number of nitrogens with zero attached hydrogens (tertiary/aromatic N) is 4. The van der Waals surface area contributed by atoms with Gasteiger partial charge >= 0.3 is 0 Å². The van der Waals surface area contributed by atoms with Crippen molar-refractivity contribution in [3.8, 4) is 0 Å². The summed E-state index contributed by atoms with van der Waals surface area (Å²) in [4.78, 5) is 15.4. The fourth-order valence-corrected chi connectivity index (χ4v) is 3.74. The molecule has 2 aliphatic rings. The van der Waals surface area contributed by atoms with Crippen molar-refractivity contribution in [2.45, 2.75) is 36.9 Å². The lowest BCUT2D eigenvalue weighted by molar-refractivity contribution is 0.379. The molecule has 2 heterocycles. The van der Waals surface area contributed by atoms with Crippen LogP contribution >= 0.6 is 11.8 Å². The van der Waals surface area contributed by atoms with Gasteiger partial charge in [0.15, 0.2) is 0 Å². The molecular formula is C13H23N7S. The highest BCUT2D eigenvalue weighted by Crippen LogP contribution is 2.42. The summed E-state index contributed by atoms with van der Waals surface area (Å²) in [7, 11) is 0. The molecule has 0 atom stereocenters. The van der Waals surface area contributed by atoms with Crippen LogP contribution in [0.4, 0.5) is 17.8 Å².